The van der Waals surface area contributed by atoms with Gasteiger partial charge in [-0.3, -0.25) is 4.79 Å². The van der Waals surface area contributed by atoms with Gasteiger partial charge in [0.05, 0.1) is 5.01 Å². The van der Waals surface area contributed by atoms with E-state index in [9.17, 15) is 4.79 Å². The Labute approximate surface area is 120 Å². The molecule has 1 amide bonds. The summed E-state index contributed by atoms with van der Waals surface area (Å²) < 4.78 is 0. The number of hydrogen-bond donors (Lipinski definition) is 2. The molecule has 0 aliphatic heterocycles. The van der Waals surface area contributed by atoms with E-state index in [2.05, 4.69) is 22.2 Å². The molecule has 1 atom stereocenters. The monoisotopic (exact) mass is 285 g/mol. The standard InChI is InChI=1S/C15H15N3OS/c1-10(15-17-6-7-20-15)9-18-14(19)12-3-2-11-4-5-16-13(11)8-12/h2-8,10,16H,9H2,1H3,(H,18,19). The van der Waals surface area contributed by atoms with E-state index >= 15 is 0 Å². The number of fused-ring (bicyclic) bond motifs is 1. The Hall–Kier alpha value is -2.14. The Morgan fingerprint density at radius 2 is 2.35 bits per heavy atom. The second-order valence-electron chi connectivity index (χ2n) is 4.76. The van der Waals surface area contributed by atoms with Crippen LogP contribution in [0.25, 0.3) is 10.9 Å². The van der Waals surface area contributed by atoms with Crippen molar-refractivity contribution in [1.82, 2.24) is 15.3 Å². The Morgan fingerprint density at radius 3 is 3.15 bits per heavy atom. The van der Waals surface area contributed by atoms with Crippen LogP contribution in [0.4, 0.5) is 0 Å². The van der Waals surface area contributed by atoms with Gasteiger partial charge in [0, 0.05) is 41.3 Å². The molecule has 0 fully saturated rings. The second-order valence-corrected chi connectivity index (χ2v) is 5.69. The highest BCUT2D eigenvalue weighted by atomic mass is 32.1. The number of thiazole rings is 1. The Bertz CT molecular complexity index is 718. The lowest BCUT2D eigenvalue weighted by atomic mass is 10.1. The van der Waals surface area contributed by atoms with Crippen molar-refractivity contribution in [3.05, 3.63) is 52.6 Å². The summed E-state index contributed by atoms with van der Waals surface area (Å²) in [6.07, 6.45) is 3.66. The number of aromatic amines is 1. The average Bonchev–Trinajstić information content (AvgIpc) is 3.13. The lowest BCUT2D eigenvalue weighted by Gasteiger charge is -2.10. The van der Waals surface area contributed by atoms with Crippen molar-refractivity contribution in [3.8, 4) is 0 Å². The molecule has 1 unspecified atom stereocenters. The molecule has 5 heteroatoms. The molecule has 0 aliphatic rings. The smallest absolute Gasteiger partial charge is 0.251 e. The third-order valence-corrected chi connectivity index (χ3v) is 4.27. The maximum absolute atomic E-state index is 12.1. The SMILES string of the molecule is CC(CNC(=O)c1ccc2cc[nH]c2c1)c1nccs1. The first-order valence-corrected chi connectivity index (χ1v) is 7.37. The minimum absolute atomic E-state index is 0.0510. The summed E-state index contributed by atoms with van der Waals surface area (Å²) in [5.74, 6) is 0.179. The minimum atomic E-state index is -0.0510. The van der Waals surface area contributed by atoms with E-state index in [0.29, 0.717) is 12.1 Å². The second kappa shape index (κ2) is 5.46. The molecule has 0 bridgehead atoms. The van der Waals surface area contributed by atoms with Crippen molar-refractivity contribution in [1.29, 1.82) is 0 Å². The molecule has 3 rings (SSSR count). The van der Waals surface area contributed by atoms with Gasteiger partial charge in [0.15, 0.2) is 0 Å². The largest absolute Gasteiger partial charge is 0.361 e. The van der Waals surface area contributed by atoms with Gasteiger partial charge in [0.1, 0.15) is 0 Å². The quantitative estimate of drug-likeness (QED) is 0.773. The average molecular weight is 285 g/mol. The highest BCUT2D eigenvalue weighted by Gasteiger charge is 2.11. The van der Waals surface area contributed by atoms with Crippen LogP contribution in [-0.2, 0) is 0 Å². The third-order valence-electron chi connectivity index (χ3n) is 3.26. The van der Waals surface area contributed by atoms with Gasteiger partial charge < -0.3 is 10.3 Å². The number of amides is 1. The molecule has 2 aromatic heterocycles. The van der Waals surface area contributed by atoms with Crippen molar-refractivity contribution < 1.29 is 4.79 Å². The number of nitrogens with zero attached hydrogens (tertiary/aromatic N) is 1. The molecule has 4 nitrogen and oxygen atoms in total. The summed E-state index contributed by atoms with van der Waals surface area (Å²) in [4.78, 5) is 19.5. The highest BCUT2D eigenvalue weighted by Crippen LogP contribution is 2.17. The number of aromatic nitrogens is 2. The topological polar surface area (TPSA) is 57.8 Å². The molecule has 1 aromatic carbocycles. The lowest BCUT2D eigenvalue weighted by Crippen LogP contribution is -2.27. The van der Waals surface area contributed by atoms with Crippen LogP contribution >= 0.6 is 11.3 Å². The molecule has 3 aromatic rings. The van der Waals surface area contributed by atoms with Crippen LogP contribution < -0.4 is 5.32 Å². The van der Waals surface area contributed by atoms with Crippen LogP contribution in [0, 0.1) is 0 Å². The Kier molecular flexibility index (Phi) is 3.52. The normalized spacial score (nSPS) is 12.4. The highest BCUT2D eigenvalue weighted by molar-refractivity contribution is 7.09. The van der Waals surface area contributed by atoms with Crippen LogP contribution in [-0.4, -0.2) is 22.4 Å². The third kappa shape index (κ3) is 2.58. The summed E-state index contributed by atoms with van der Waals surface area (Å²) in [5.41, 5.74) is 1.65. The zero-order chi connectivity index (χ0) is 13.9. The van der Waals surface area contributed by atoms with Gasteiger partial charge >= 0.3 is 0 Å². The predicted molar refractivity (Wildman–Crippen MR) is 81.2 cm³/mol. The molecule has 0 radical (unpaired) electrons. The number of nitrogens with one attached hydrogen (secondary N) is 2. The first-order valence-electron chi connectivity index (χ1n) is 6.49. The summed E-state index contributed by atoms with van der Waals surface area (Å²) >= 11 is 1.61. The van der Waals surface area contributed by atoms with E-state index in [1.54, 1.807) is 17.5 Å². The number of H-pyrrole nitrogens is 1. The van der Waals surface area contributed by atoms with E-state index in [-0.39, 0.29) is 11.8 Å². The molecule has 0 saturated heterocycles. The summed E-state index contributed by atoms with van der Waals surface area (Å²) in [6, 6.07) is 7.66. The maximum atomic E-state index is 12.1. The molecule has 2 heterocycles. The molecule has 102 valence electrons. The van der Waals surface area contributed by atoms with Gasteiger partial charge in [0.2, 0.25) is 0 Å². The molecule has 0 saturated carbocycles. The number of benzene rings is 1. The van der Waals surface area contributed by atoms with Gasteiger partial charge in [-0.25, -0.2) is 4.98 Å². The molecular weight excluding hydrogens is 270 g/mol. The van der Waals surface area contributed by atoms with E-state index in [1.807, 2.05) is 35.8 Å². The van der Waals surface area contributed by atoms with Crippen molar-refractivity contribution in [2.75, 3.05) is 6.54 Å². The molecule has 2 N–H and O–H groups in total. The molecule has 20 heavy (non-hydrogen) atoms. The predicted octanol–water partition coefficient (Wildman–Crippen LogP) is 3.16. The van der Waals surface area contributed by atoms with Crippen molar-refractivity contribution in [2.24, 2.45) is 0 Å². The lowest BCUT2D eigenvalue weighted by molar-refractivity contribution is 0.0952. The fraction of sp³-hybridized carbons (Fsp3) is 0.200. The number of carbonyl (C=O) groups is 1. The van der Waals surface area contributed by atoms with Gasteiger partial charge in [-0.05, 0) is 23.6 Å². The van der Waals surface area contributed by atoms with Gasteiger partial charge in [-0.2, -0.15) is 0 Å². The summed E-state index contributed by atoms with van der Waals surface area (Å²) in [7, 11) is 0. The van der Waals surface area contributed by atoms with Gasteiger partial charge in [-0.1, -0.05) is 13.0 Å². The minimum Gasteiger partial charge on any atom is -0.361 e. The number of carbonyl (C=O) groups excluding carboxylic acids is 1. The van der Waals surface area contributed by atoms with E-state index in [0.717, 1.165) is 15.9 Å². The van der Waals surface area contributed by atoms with Crippen LogP contribution in [0.5, 0.6) is 0 Å². The van der Waals surface area contributed by atoms with Crippen LogP contribution in [0.2, 0.25) is 0 Å². The van der Waals surface area contributed by atoms with Crippen LogP contribution in [0.1, 0.15) is 28.2 Å². The summed E-state index contributed by atoms with van der Waals surface area (Å²) in [5, 5.41) is 7.06. The van der Waals surface area contributed by atoms with E-state index in [1.165, 1.54) is 0 Å². The Morgan fingerprint density at radius 1 is 1.45 bits per heavy atom. The first-order chi connectivity index (χ1) is 9.74. The van der Waals surface area contributed by atoms with Crippen molar-refractivity contribution in [3.63, 3.8) is 0 Å². The van der Waals surface area contributed by atoms with Crippen molar-refractivity contribution in [2.45, 2.75) is 12.8 Å². The zero-order valence-corrected chi connectivity index (χ0v) is 11.9. The molecule has 0 aliphatic carbocycles. The van der Waals surface area contributed by atoms with Crippen molar-refractivity contribution >= 4 is 28.1 Å². The number of hydrogen-bond acceptors (Lipinski definition) is 3. The molecule has 0 spiro atoms. The fourth-order valence-corrected chi connectivity index (χ4v) is 2.80. The van der Waals surface area contributed by atoms with Crippen LogP contribution in [0.15, 0.2) is 42.0 Å². The molecular formula is C15H15N3OS. The van der Waals surface area contributed by atoms with E-state index < -0.39 is 0 Å². The summed E-state index contributed by atoms with van der Waals surface area (Å²) in [6.45, 7) is 2.66. The zero-order valence-electron chi connectivity index (χ0n) is 11.1. The maximum Gasteiger partial charge on any atom is 0.251 e. The van der Waals surface area contributed by atoms with Crippen LogP contribution in [0.3, 0.4) is 0 Å². The first kappa shape index (κ1) is 12.9. The number of rotatable bonds is 4. The fourth-order valence-electron chi connectivity index (χ4n) is 2.10. The van der Waals surface area contributed by atoms with Gasteiger partial charge in [0.25, 0.3) is 5.91 Å². The van der Waals surface area contributed by atoms with E-state index in [4.69, 9.17) is 0 Å². The Balaban J connectivity index is 1.66. The van der Waals surface area contributed by atoms with Gasteiger partial charge in [-0.15, -0.1) is 11.3 Å².